The highest BCUT2D eigenvalue weighted by molar-refractivity contribution is 7.99. The van der Waals surface area contributed by atoms with Gasteiger partial charge >= 0.3 is 5.69 Å². The molecule has 1 N–H and O–H groups in total. The number of thioether (sulfide) groups is 1. The van der Waals surface area contributed by atoms with Gasteiger partial charge in [0.1, 0.15) is 0 Å². The van der Waals surface area contributed by atoms with Gasteiger partial charge in [-0.15, -0.1) is 0 Å². The smallest absolute Gasteiger partial charge is 0.311 e. The SMILES string of the molecule is COc1cc(NCC2CCCCS2)ccc1[N+](=O)[O-]. The van der Waals surface area contributed by atoms with Gasteiger partial charge < -0.3 is 10.1 Å². The number of anilines is 1. The van der Waals surface area contributed by atoms with Crippen LogP contribution in [0.5, 0.6) is 5.75 Å². The third kappa shape index (κ3) is 3.76. The van der Waals surface area contributed by atoms with Crippen LogP contribution in [0.1, 0.15) is 19.3 Å². The molecule has 0 spiro atoms. The van der Waals surface area contributed by atoms with Crippen molar-refractivity contribution in [3.05, 3.63) is 28.3 Å². The zero-order valence-electron chi connectivity index (χ0n) is 10.9. The molecule has 6 heteroatoms. The Balaban J connectivity index is 1.98. The Morgan fingerprint density at radius 3 is 3.00 bits per heavy atom. The molecule has 1 unspecified atom stereocenters. The molecule has 5 nitrogen and oxygen atoms in total. The summed E-state index contributed by atoms with van der Waals surface area (Å²) in [6.45, 7) is 0.894. The van der Waals surface area contributed by atoms with Crippen LogP contribution in [0.2, 0.25) is 0 Å². The van der Waals surface area contributed by atoms with Crippen LogP contribution >= 0.6 is 11.8 Å². The van der Waals surface area contributed by atoms with Crippen molar-refractivity contribution in [3.63, 3.8) is 0 Å². The third-order valence-corrected chi connectivity index (χ3v) is 4.58. The summed E-state index contributed by atoms with van der Waals surface area (Å²) in [5.41, 5.74) is 0.869. The first-order chi connectivity index (χ1) is 9.20. The molecule has 1 aliphatic rings. The molecule has 19 heavy (non-hydrogen) atoms. The second kappa shape index (κ2) is 6.65. The lowest BCUT2D eigenvalue weighted by atomic mass is 10.2. The van der Waals surface area contributed by atoms with Gasteiger partial charge in [0.25, 0.3) is 0 Å². The lowest BCUT2D eigenvalue weighted by Crippen LogP contribution is -2.19. The molecule has 1 aliphatic heterocycles. The standard InChI is InChI=1S/C13H18N2O3S/c1-18-13-8-10(5-6-12(13)15(16)17)14-9-11-4-2-3-7-19-11/h5-6,8,11,14H,2-4,7,9H2,1H3. The minimum absolute atomic E-state index is 0.0000846. The van der Waals surface area contributed by atoms with E-state index in [2.05, 4.69) is 5.32 Å². The number of methoxy groups -OCH3 is 1. The van der Waals surface area contributed by atoms with Gasteiger partial charge in [0.15, 0.2) is 5.75 Å². The van der Waals surface area contributed by atoms with E-state index in [-0.39, 0.29) is 5.69 Å². The second-order valence-corrected chi connectivity index (χ2v) is 5.92. The van der Waals surface area contributed by atoms with Crippen molar-refractivity contribution < 1.29 is 9.66 Å². The minimum atomic E-state index is -0.431. The number of nitrogens with one attached hydrogen (secondary N) is 1. The molecule has 1 aromatic carbocycles. The van der Waals surface area contributed by atoms with E-state index >= 15 is 0 Å². The van der Waals surface area contributed by atoms with E-state index in [1.54, 1.807) is 12.1 Å². The summed E-state index contributed by atoms with van der Waals surface area (Å²) in [4.78, 5) is 10.4. The third-order valence-electron chi connectivity index (χ3n) is 3.18. The first-order valence-corrected chi connectivity index (χ1v) is 7.43. The van der Waals surface area contributed by atoms with Crippen LogP contribution < -0.4 is 10.1 Å². The summed E-state index contributed by atoms with van der Waals surface area (Å²) in [7, 11) is 1.45. The maximum Gasteiger partial charge on any atom is 0.311 e. The van der Waals surface area contributed by atoms with E-state index in [1.165, 1.54) is 38.2 Å². The molecule has 1 saturated heterocycles. The summed E-state index contributed by atoms with van der Waals surface area (Å²) in [5.74, 6) is 1.53. The highest BCUT2D eigenvalue weighted by Gasteiger charge is 2.16. The zero-order chi connectivity index (χ0) is 13.7. The van der Waals surface area contributed by atoms with Crippen LogP contribution in [0.25, 0.3) is 0 Å². The van der Waals surface area contributed by atoms with Crippen LogP contribution in [0.15, 0.2) is 18.2 Å². The van der Waals surface area contributed by atoms with Gasteiger partial charge in [-0.25, -0.2) is 0 Å². The van der Waals surface area contributed by atoms with Gasteiger partial charge in [-0.1, -0.05) is 6.42 Å². The predicted molar refractivity (Wildman–Crippen MR) is 78.2 cm³/mol. The van der Waals surface area contributed by atoms with E-state index < -0.39 is 4.92 Å². The van der Waals surface area contributed by atoms with E-state index in [1.807, 2.05) is 11.8 Å². The van der Waals surface area contributed by atoms with Crippen molar-refractivity contribution in [2.24, 2.45) is 0 Å². The van der Waals surface area contributed by atoms with Gasteiger partial charge in [-0.3, -0.25) is 10.1 Å². The van der Waals surface area contributed by atoms with Crippen molar-refractivity contribution in [2.45, 2.75) is 24.5 Å². The summed E-state index contributed by atoms with van der Waals surface area (Å²) in [6, 6.07) is 4.90. The molecule has 1 aromatic rings. The monoisotopic (exact) mass is 282 g/mol. The Morgan fingerprint density at radius 1 is 1.53 bits per heavy atom. The highest BCUT2D eigenvalue weighted by Crippen LogP contribution is 2.30. The fourth-order valence-corrected chi connectivity index (χ4v) is 3.38. The number of ether oxygens (including phenoxy) is 1. The Bertz CT molecular complexity index is 448. The van der Waals surface area contributed by atoms with E-state index in [9.17, 15) is 10.1 Å². The lowest BCUT2D eigenvalue weighted by molar-refractivity contribution is -0.385. The van der Waals surface area contributed by atoms with Crippen LogP contribution in [0, 0.1) is 10.1 Å². The number of nitro groups is 1. The van der Waals surface area contributed by atoms with Crippen LogP contribution in [-0.2, 0) is 0 Å². The highest BCUT2D eigenvalue weighted by atomic mass is 32.2. The summed E-state index contributed by atoms with van der Waals surface area (Å²) < 4.78 is 5.05. The predicted octanol–water partition coefficient (Wildman–Crippen LogP) is 3.30. The number of rotatable bonds is 5. The summed E-state index contributed by atoms with van der Waals surface area (Å²) >= 11 is 2.00. The fourth-order valence-electron chi connectivity index (χ4n) is 2.14. The maximum atomic E-state index is 10.8. The first kappa shape index (κ1) is 14.0. The summed E-state index contributed by atoms with van der Waals surface area (Å²) in [5, 5.41) is 14.8. The van der Waals surface area contributed by atoms with Gasteiger partial charge in [-0.05, 0) is 24.7 Å². The minimum Gasteiger partial charge on any atom is -0.490 e. The average molecular weight is 282 g/mol. The second-order valence-electron chi connectivity index (χ2n) is 4.51. The molecule has 104 valence electrons. The molecular weight excluding hydrogens is 264 g/mol. The zero-order valence-corrected chi connectivity index (χ0v) is 11.7. The number of nitro benzene ring substituents is 1. The van der Waals surface area contributed by atoms with Crippen LogP contribution in [0.4, 0.5) is 11.4 Å². The molecule has 0 radical (unpaired) electrons. The van der Waals surface area contributed by atoms with Gasteiger partial charge in [0.05, 0.1) is 12.0 Å². The number of benzene rings is 1. The van der Waals surface area contributed by atoms with E-state index in [4.69, 9.17) is 4.74 Å². The fraction of sp³-hybridized carbons (Fsp3) is 0.538. The van der Waals surface area contributed by atoms with E-state index in [0.717, 1.165) is 12.2 Å². The Hall–Kier alpha value is -1.43. The average Bonchev–Trinajstić information content (AvgIpc) is 2.45. The topological polar surface area (TPSA) is 64.4 Å². The van der Waals surface area contributed by atoms with Crippen molar-refractivity contribution in [2.75, 3.05) is 24.7 Å². The van der Waals surface area contributed by atoms with Crippen molar-refractivity contribution in [1.82, 2.24) is 0 Å². The Morgan fingerprint density at radius 2 is 2.37 bits per heavy atom. The Kier molecular flexibility index (Phi) is 4.90. The molecule has 1 atom stereocenters. The maximum absolute atomic E-state index is 10.8. The van der Waals surface area contributed by atoms with Crippen molar-refractivity contribution >= 4 is 23.1 Å². The van der Waals surface area contributed by atoms with Gasteiger partial charge in [0.2, 0.25) is 0 Å². The van der Waals surface area contributed by atoms with Gasteiger partial charge in [-0.2, -0.15) is 11.8 Å². The van der Waals surface area contributed by atoms with Crippen LogP contribution in [-0.4, -0.2) is 29.6 Å². The van der Waals surface area contributed by atoms with Gasteiger partial charge in [0, 0.05) is 29.6 Å². The largest absolute Gasteiger partial charge is 0.490 e. The van der Waals surface area contributed by atoms with Crippen molar-refractivity contribution in [1.29, 1.82) is 0 Å². The Labute approximate surface area is 116 Å². The normalized spacial score (nSPS) is 18.9. The number of hydrogen-bond donors (Lipinski definition) is 1. The first-order valence-electron chi connectivity index (χ1n) is 6.38. The molecule has 0 saturated carbocycles. The molecule has 0 amide bonds. The molecule has 0 aromatic heterocycles. The molecule has 1 fully saturated rings. The molecule has 0 bridgehead atoms. The summed E-state index contributed by atoms with van der Waals surface area (Å²) in [6.07, 6.45) is 3.84. The molecule has 1 heterocycles. The lowest BCUT2D eigenvalue weighted by Gasteiger charge is -2.22. The van der Waals surface area contributed by atoms with Crippen molar-refractivity contribution in [3.8, 4) is 5.75 Å². The quantitative estimate of drug-likeness (QED) is 0.663. The molecule has 0 aliphatic carbocycles. The number of nitrogens with zero attached hydrogens (tertiary/aromatic N) is 1. The van der Waals surface area contributed by atoms with Crippen LogP contribution in [0.3, 0.4) is 0 Å². The van der Waals surface area contributed by atoms with E-state index in [0.29, 0.717) is 11.0 Å². The molecular formula is C13H18N2O3S. The number of hydrogen-bond acceptors (Lipinski definition) is 5. The molecule has 2 rings (SSSR count).